The summed E-state index contributed by atoms with van der Waals surface area (Å²) in [7, 11) is 0. The Hall–Kier alpha value is -0.380. The highest BCUT2D eigenvalue weighted by atomic mass is 79.9. The molecule has 2 N–H and O–H groups in total. The molecule has 0 aliphatic heterocycles. The van der Waals surface area contributed by atoms with Gasteiger partial charge in [-0.1, -0.05) is 48.0 Å². The van der Waals surface area contributed by atoms with Gasteiger partial charge in [0.2, 0.25) is 0 Å². The smallest absolute Gasteiger partial charge is 0.0468 e. The van der Waals surface area contributed by atoms with E-state index in [2.05, 4.69) is 46.4 Å². The lowest BCUT2D eigenvalue weighted by molar-refractivity contribution is 0.229. The monoisotopic (exact) mass is 285 g/mol. The predicted octanol–water partition coefficient (Wildman–Crippen LogP) is 3.12. The average molecular weight is 286 g/mol. The molecule has 0 radical (unpaired) electrons. The van der Waals surface area contributed by atoms with Crippen molar-refractivity contribution in [3.8, 4) is 0 Å². The summed E-state index contributed by atoms with van der Waals surface area (Å²) in [6.07, 6.45) is 1.04. The van der Waals surface area contributed by atoms with Gasteiger partial charge in [-0.2, -0.15) is 0 Å². The van der Waals surface area contributed by atoms with E-state index in [0.29, 0.717) is 12.0 Å². The number of nitrogens with one attached hydrogen (secondary N) is 1. The molecule has 0 amide bonds. The Morgan fingerprint density at radius 2 is 2.06 bits per heavy atom. The number of rotatable bonds is 6. The Balaban J connectivity index is 2.64. The van der Waals surface area contributed by atoms with Gasteiger partial charge in [-0.15, -0.1) is 0 Å². The number of aliphatic hydroxyl groups is 1. The molecule has 0 aromatic heterocycles. The maximum absolute atomic E-state index is 9.00. The normalized spacial score (nSPS) is 14.8. The first-order chi connectivity index (χ1) is 7.69. The fourth-order valence-electron chi connectivity index (χ4n) is 1.64. The predicted molar refractivity (Wildman–Crippen MR) is 71.4 cm³/mol. The molecule has 0 saturated heterocycles. The van der Waals surface area contributed by atoms with Crippen LogP contribution in [0.1, 0.15) is 31.9 Å². The number of hydrogen-bond donors (Lipinski definition) is 2. The van der Waals surface area contributed by atoms with Gasteiger partial charge in [0.15, 0.2) is 0 Å². The van der Waals surface area contributed by atoms with Gasteiger partial charge < -0.3 is 10.4 Å². The molecular formula is C13H20BrNO. The van der Waals surface area contributed by atoms with Crippen LogP contribution in [-0.4, -0.2) is 18.3 Å². The molecule has 2 atom stereocenters. The molecule has 0 spiro atoms. The Bertz CT molecular complexity index is 317. The summed E-state index contributed by atoms with van der Waals surface area (Å²) in [5, 5.41) is 12.5. The van der Waals surface area contributed by atoms with Crippen molar-refractivity contribution in [1.82, 2.24) is 5.32 Å². The third-order valence-corrected chi connectivity index (χ3v) is 3.44. The minimum atomic E-state index is 0.236. The van der Waals surface area contributed by atoms with Gasteiger partial charge in [-0.3, -0.25) is 0 Å². The molecule has 16 heavy (non-hydrogen) atoms. The third-order valence-electron chi connectivity index (χ3n) is 2.71. The van der Waals surface area contributed by atoms with Gasteiger partial charge >= 0.3 is 0 Å². The van der Waals surface area contributed by atoms with Crippen molar-refractivity contribution in [2.45, 2.75) is 26.3 Å². The first-order valence-corrected chi connectivity index (χ1v) is 6.57. The van der Waals surface area contributed by atoms with Gasteiger partial charge in [0.1, 0.15) is 0 Å². The Kier molecular flexibility index (Phi) is 6.03. The maximum Gasteiger partial charge on any atom is 0.0468 e. The second kappa shape index (κ2) is 7.05. The summed E-state index contributed by atoms with van der Waals surface area (Å²) in [4.78, 5) is 0. The van der Waals surface area contributed by atoms with Crippen molar-refractivity contribution in [2.24, 2.45) is 5.92 Å². The van der Waals surface area contributed by atoms with Crippen molar-refractivity contribution in [2.75, 3.05) is 13.2 Å². The molecule has 0 saturated carbocycles. The van der Waals surface area contributed by atoms with E-state index in [9.17, 15) is 0 Å². The van der Waals surface area contributed by atoms with Crippen molar-refractivity contribution in [3.63, 3.8) is 0 Å². The van der Waals surface area contributed by atoms with Crippen molar-refractivity contribution < 1.29 is 5.11 Å². The van der Waals surface area contributed by atoms with Gasteiger partial charge in [-0.25, -0.2) is 0 Å². The minimum Gasteiger partial charge on any atom is -0.396 e. The van der Waals surface area contributed by atoms with Crippen LogP contribution in [-0.2, 0) is 0 Å². The lowest BCUT2D eigenvalue weighted by atomic mass is 10.0. The van der Waals surface area contributed by atoms with E-state index in [1.165, 1.54) is 5.56 Å². The first kappa shape index (κ1) is 13.7. The third kappa shape index (κ3) is 3.89. The van der Waals surface area contributed by atoms with Crippen molar-refractivity contribution in [1.29, 1.82) is 0 Å². The molecule has 2 nitrogen and oxygen atoms in total. The second-order valence-electron chi connectivity index (χ2n) is 4.18. The highest BCUT2D eigenvalue weighted by molar-refractivity contribution is 9.10. The fourth-order valence-corrected chi connectivity index (χ4v) is 2.20. The summed E-state index contributed by atoms with van der Waals surface area (Å²) in [6.45, 7) is 5.29. The van der Waals surface area contributed by atoms with Gasteiger partial charge in [0.05, 0.1) is 0 Å². The first-order valence-electron chi connectivity index (χ1n) is 5.77. The van der Waals surface area contributed by atoms with Crippen LogP contribution in [0.25, 0.3) is 0 Å². The molecule has 90 valence electrons. The highest BCUT2D eigenvalue weighted by Gasteiger charge is 2.12. The van der Waals surface area contributed by atoms with Crippen LogP contribution in [0, 0.1) is 5.92 Å². The molecule has 0 fully saturated rings. The minimum absolute atomic E-state index is 0.236. The number of aliphatic hydroxyl groups excluding tert-OH is 1. The molecule has 0 aliphatic rings. The molecular weight excluding hydrogens is 266 g/mol. The molecule has 0 aliphatic carbocycles. The second-order valence-corrected chi connectivity index (χ2v) is 5.03. The van der Waals surface area contributed by atoms with E-state index >= 15 is 0 Å². The van der Waals surface area contributed by atoms with E-state index < -0.39 is 0 Å². The van der Waals surface area contributed by atoms with Crippen LogP contribution in [0.5, 0.6) is 0 Å². The zero-order valence-electron chi connectivity index (χ0n) is 9.91. The molecule has 0 heterocycles. The highest BCUT2D eigenvalue weighted by Crippen LogP contribution is 2.25. The molecule has 0 bridgehead atoms. The lowest BCUT2D eigenvalue weighted by Gasteiger charge is -2.20. The number of halogens is 1. The summed E-state index contributed by atoms with van der Waals surface area (Å²) >= 11 is 3.57. The van der Waals surface area contributed by atoms with E-state index in [4.69, 9.17) is 5.11 Å². The molecule has 3 heteroatoms. The summed E-state index contributed by atoms with van der Waals surface area (Å²) < 4.78 is 1.14. The van der Waals surface area contributed by atoms with E-state index in [-0.39, 0.29) is 6.61 Å². The Labute approximate surface area is 106 Å². The molecule has 1 aromatic rings. The quantitative estimate of drug-likeness (QED) is 0.842. The lowest BCUT2D eigenvalue weighted by Crippen LogP contribution is -2.27. The van der Waals surface area contributed by atoms with Crippen molar-refractivity contribution in [3.05, 3.63) is 34.3 Å². The van der Waals surface area contributed by atoms with Crippen LogP contribution in [0.2, 0.25) is 0 Å². The summed E-state index contributed by atoms with van der Waals surface area (Å²) in [6, 6.07) is 8.63. The zero-order valence-corrected chi connectivity index (χ0v) is 11.5. The topological polar surface area (TPSA) is 32.3 Å². The molecule has 1 aromatic carbocycles. The largest absolute Gasteiger partial charge is 0.396 e. The zero-order chi connectivity index (χ0) is 12.0. The number of hydrogen-bond acceptors (Lipinski definition) is 2. The van der Waals surface area contributed by atoms with Crippen LogP contribution >= 0.6 is 15.9 Å². The Morgan fingerprint density at radius 3 is 2.62 bits per heavy atom. The number of benzene rings is 1. The SMILES string of the molecule is CCC(NCC(C)CO)c1ccccc1Br. The maximum atomic E-state index is 9.00. The fraction of sp³-hybridized carbons (Fsp3) is 0.538. The van der Waals surface area contributed by atoms with Gasteiger partial charge in [0, 0.05) is 23.7 Å². The van der Waals surface area contributed by atoms with Gasteiger partial charge in [-0.05, 0) is 24.0 Å². The van der Waals surface area contributed by atoms with E-state index in [0.717, 1.165) is 17.4 Å². The van der Waals surface area contributed by atoms with Gasteiger partial charge in [0.25, 0.3) is 0 Å². The molecule has 2 unspecified atom stereocenters. The molecule has 1 rings (SSSR count). The standard InChI is InChI=1S/C13H20BrNO/c1-3-13(15-8-10(2)9-16)11-6-4-5-7-12(11)14/h4-7,10,13,15-16H,3,8-9H2,1-2H3. The van der Waals surface area contributed by atoms with Crippen LogP contribution in [0.4, 0.5) is 0 Å². The van der Waals surface area contributed by atoms with Crippen LogP contribution in [0.3, 0.4) is 0 Å². The van der Waals surface area contributed by atoms with E-state index in [1.54, 1.807) is 0 Å². The van der Waals surface area contributed by atoms with Crippen molar-refractivity contribution >= 4 is 15.9 Å². The summed E-state index contributed by atoms with van der Waals surface area (Å²) in [5.74, 6) is 0.302. The average Bonchev–Trinajstić information content (AvgIpc) is 2.31. The van der Waals surface area contributed by atoms with E-state index in [1.807, 2.05) is 13.0 Å². The van der Waals surface area contributed by atoms with Crippen LogP contribution < -0.4 is 5.32 Å². The summed E-state index contributed by atoms with van der Waals surface area (Å²) in [5.41, 5.74) is 1.29. The Morgan fingerprint density at radius 1 is 1.38 bits per heavy atom. The van der Waals surface area contributed by atoms with Crippen LogP contribution in [0.15, 0.2) is 28.7 Å².